The van der Waals surface area contributed by atoms with E-state index in [1.54, 1.807) is 0 Å². The standard InChI is InChI=1S/C20H29N3O/c1-16-11-13-18(14-12-16)21-19-10-6-3-7-15-23(19)20(24)22-17-8-4-2-5-9-17/h11-14,17H,2-10,15H2,1H3,(H,22,24). The first-order valence-corrected chi connectivity index (χ1v) is 9.44. The molecule has 3 rings (SSSR count). The smallest absolute Gasteiger partial charge is 0.323 e. The van der Waals surface area contributed by atoms with Crippen molar-refractivity contribution in [3.63, 3.8) is 0 Å². The van der Waals surface area contributed by atoms with E-state index in [-0.39, 0.29) is 6.03 Å². The van der Waals surface area contributed by atoms with Gasteiger partial charge in [-0.15, -0.1) is 0 Å². The van der Waals surface area contributed by atoms with Gasteiger partial charge in [-0.05, 0) is 44.7 Å². The second-order valence-electron chi connectivity index (χ2n) is 7.11. The average Bonchev–Trinajstić information content (AvgIpc) is 2.83. The van der Waals surface area contributed by atoms with Crippen LogP contribution in [-0.2, 0) is 0 Å². The number of carbonyl (C=O) groups excluding carboxylic acids is 1. The van der Waals surface area contributed by atoms with Gasteiger partial charge >= 0.3 is 6.03 Å². The number of urea groups is 1. The SMILES string of the molecule is Cc1ccc(N=C2CCCCCN2C(=O)NC2CCCCC2)cc1. The van der Waals surface area contributed by atoms with Crippen molar-refractivity contribution in [1.29, 1.82) is 0 Å². The van der Waals surface area contributed by atoms with Crippen LogP contribution in [0.1, 0.15) is 63.4 Å². The molecule has 0 bridgehead atoms. The molecule has 1 aromatic carbocycles. The van der Waals surface area contributed by atoms with Crippen molar-refractivity contribution in [2.24, 2.45) is 4.99 Å². The Balaban J connectivity index is 1.73. The summed E-state index contributed by atoms with van der Waals surface area (Å²) in [6.45, 7) is 2.86. The minimum Gasteiger partial charge on any atom is -0.335 e. The van der Waals surface area contributed by atoms with Gasteiger partial charge in [0.2, 0.25) is 0 Å². The topological polar surface area (TPSA) is 44.7 Å². The van der Waals surface area contributed by atoms with E-state index in [0.29, 0.717) is 6.04 Å². The van der Waals surface area contributed by atoms with Gasteiger partial charge in [-0.2, -0.15) is 0 Å². The van der Waals surface area contributed by atoms with Gasteiger partial charge in [0.05, 0.1) is 5.69 Å². The summed E-state index contributed by atoms with van der Waals surface area (Å²) >= 11 is 0. The highest BCUT2D eigenvalue weighted by atomic mass is 16.2. The van der Waals surface area contributed by atoms with Gasteiger partial charge in [-0.3, -0.25) is 4.90 Å². The largest absolute Gasteiger partial charge is 0.335 e. The lowest BCUT2D eigenvalue weighted by Gasteiger charge is -2.28. The van der Waals surface area contributed by atoms with E-state index < -0.39 is 0 Å². The molecule has 4 nitrogen and oxygen atoms in total. The molecule has 130 valence electrons. The first-order valence-electron chi connectivity index (χ1n) is 9.44. The highest BCUT2D eigenvalue weighted by Crippen LogP contribution is 2.21. The number of amidine groups is 1. The number of aliphatic imine (C=N–C) groups is 1. The molecular weight excluding hydrogens is 298 g/mol. The van der Waals surface area contributed by atoms with Crippen molar-refractivity contribution in [2.75, 3.05) is 6.54 Å². The molecule has 1 N–H and O–H groups in total. The Kier molecular flexibility index (Phi) is 5.89. The number of benzene rings is 1. The van der Waals surface area contributed by atoms with Gasteiger partial charge in [0.1, 0.15) is 5.84 Å². The van der Waals surface area contributed by atoms with E-state index in [2.05, 4.69) is 24.4 Å². The average molecular weight is 327 g/mol. The summed E-state index contributed by atoms with van der Waals surface area (Å²) in [4.78, 5) is 19.5. The van der Waals surface area contributed by atoms with E-state index in [9.17, 15) is 4.79 Å². The predicted molar refractivity (Wildman–Crippen MR) is 98.9 cm³/mol. The Morgan fingerprint density at radius 3 is 2.50 bits per heavy atom. The second kappa shape index (κ2) is 8.32. The van der Waals surface area contributed by atoms with E-state index in [1.165, 1.54) is 31.2 Å². The summed E-state index contributed by atoms with van der Waals surface area (Å²) in [6.07, 6.45) is 10.2. The Bertz CT molecular complexity index is 573. The summed E-state index contributed by atoms with van der Waals surface area (Å²) in [5.74, 6) is 0.921. The van der Waals surface area contributed by atoms with Crippen LogP contribution in [0.4, 0.5) is 10.5 Å². The van der Waals surface area contributed by atoms with Crippen LogP contribution in [0.3, 0.4) is 0 Å². The normalized spacial score (nSPS) is 21.5. The zero-order chi connectivity index (χ0) is 16.8. The number of amides is 2. The first-order chi connectivity index (χ1) is 11.7. The zero-order valence-electron chi connectivity index (χ0n) is 14.8. The van der Waals surface area contributed by atoms with E-state index in [4.69, 9.17) is 4.99 Å². The number of carbonyl (C=O) groups is 1. The third-order valence-electron chi connectivity index (χ3n) is 5.06. The molecule has 2 aliphatic rings. The third kappa shape index (κ3) is 4.59. The molecule has 2 fully saturated rings. The third-order valence-corrected chi connectivity index (χ3v) is 5.06. The number of rotatable bonds is 2. The van der Waals surface area contributed by atoms with Crippen molar-refractivity contribution < 1.29 is 4.79 Å². The van der Waals surface area contributed by atoms with E-state index in [1.807, 2.05) is 17.0 Å². The lowest BCUT2D eigenvalue weighted by atomic mass is 9.96. The maximum atomic E-state index is 12.8. The quantitative estimate of drug-likeness (QED) is 0.821. The molecule has 4 heteroatoms. The van der Waals surface area contributed by atoms with Gasteiger partial charge in [0.25, 0.3) is 0 Å². The van der Waals surface area contributed by atoms with Crippen molar-refractivity contribution in [2.45, 2.75) is 70.8 Å². The number of nitrogens with zero attached hydrogens (tertiary/aromatic N) is 2. The van der Waals surface area contributed by atoms with Crippen LogP contribution in [0.15, 0.2) is 29.3 Å². The van der Waals surface area contributed by atoms with Gasteiger partial charge in [-0.1, -0.05) is 43.4 Å². The number of aryl methyl sites for hydroxylation is 1. The number of likely N-dealkylation sites (tertiary alicyclic amines) is 1. The van der Waals surface area contributed by atoms with Crippen LogP contribution in [-0.4, -0.2) is 29.4 Å². The van der Waals surface area contributed by atoms with Crippen molar-refractivity contribution in [3.05, 3.63) is 29.8 Å². The maximum Gasteiger partial charge on any atom is 0.323 e. The molecule has 0 spiro atoms. The number of nitrogens with one attached hydrogen (secondary N) is 1. The molecule has 0 atom stereocenters. The van der Waals surface area contributed by atoms with Gasteiger partial charge in [0, 0.05) is 19.0 Å². The molecule has 1 heterocycles. The highest BCUT2D eigenvalue weighted by molar-refractivity contribution is 5.98. The maximum absolute atomic E-state index is 12.8. The van der Waals surface area contributed by atoms with Crippen molar-refractivity contribution in [1.82, 2.24) is 10.2 Å². The minimum absolute atomic E-state index is 0.0506. The molecule has 24 heavy (non-hydrogen) atoms. The molecule has 0 radical (unpaired) electrons. The van der Waals surface area contributed by atoms with Gasteiger partial charge in [0.15, 0.2) is 0 Å². The molecule has 0 aromatic heterocycles. The van der Waals surface area contributed by atoms with Crippen LogP contribution < -0.4 is 5.32 Å². The molecular formula is C20H29N3O. The van der Waals surface area contributed by atoms with Crippen LogP contribution >= 0.6 is 0 Å². The van der Waals surface area contributed by atoms with Crippen LogP contribution in [0.25, 0.3) is 0 Å². The highest BCUT2D eigenvalue weighted by Gasteiger charge is 2.24. The second-order valence-corrected chi connectivity index (χ2v) is 7.11. The lowest BCUT2D eigenvalue weighted by molar-refractivity contribution is 0.212. The van der Waals surface area contributed by atoms with E-state index in [0.717, 1.165) is 50.2 Å². The fourth-order valence-electron chi connectivity index (χ4n) is 3.60. The molecule has 2 amide bonds. The number of hydrogen-bond acceptors (Lipinski definition) is 2. The van der Waals surface area contributed by atoms with Crippen LogP contribution in [0, 0.1) is 6.92 Å². The molecule has 1 aromatic rings. The predicted octanol–water partition coefficient (Wildman–Crippen LogP) is 4.94. The zero-order valence-corrected chi connectivity index (χ0v) is 14.8. The molecule has 1 saturated carbocycles. The van der Waals surface area contributed by atoms with Crippen molar-refractivity contribution in [3.8, 4) is 0 Å². The molecule has 1 aliphatic carbocycles. The summed E-state index contributed by atoms with van der Waals surface area (Å²) in [5.41, 5.74) is 2.17. The molecule has 1 aliphatic heterocycles. The first kappa shape index (κ1) is 17.0. The Morgan fingerprint density at radius 2 is 1.75 bits per heavy atom. The Morgan fingerprint density at radius 1 is 1.04 bits per heavy atom. The molecule has 0 unspecified atom stereocenters. The number of hydrogen-bond donors (Lipinski definition) is 1. The Labute approximate surface area is 145 Å². The monoisotopic (exact) mass is 327 g/mol. The summed E-state index contributed by atoms with van der Waals surface area (Å²) < 4.78 is 0. The van der Waals surface area contributed by atoms with Gasteiger partial charge < -0.3 is 5.32 Å². The van der Waals surface area contributed by atoms with Crippen LogP contribution in [0.5, 0.6) is 0 Å². The fraction of sp³-hybridized carbons (Fsp3) is 0.600. The summed E-state index contributed by atoms with van der Waals surface area (Å²) in [6, 6.07) is 8.60. The van der Waals surface area contributed by atoms with Crippen molar-refractivity contribution >= 4 is 17.6 Å². The van der Waals surface area contributed by atoms with E-state index >= 15 is 0 Å². The fourth-order valence-corrected chi connectivity index (χ4v) is 3.60. The summed E-state index contributed by atoms with van der Waals surface area (Å²) in [7, 11) is 0. The van der Waals surface area contributed by atoms with Gasteiger partial charge in [-0.25, -0.2) is 9.79 Å². The minimum atomic E-state index is 0.0506. The molecule has 1 saturated heterocycles. The lowest BCUT2D eigenvalue weighted by Crippen LogP contribution is -2.47. The van der Waals surface area contributed by atoms with Crippen LogP contribution in [0.2, 0.25) is 0 Å². The Hall–Kier alpha value is -1.84. The summed E-state index contributed by atoms with van der Waals surface area (Å²) in [5, 5.41) is 3.25.